The van der Waals surface area contributed by atoms with Crippen LogP contribution in [0.1, 0.15) is 29.9 Å². The Hall–Kier alpha value is -3.41. The molecule has 1 aromatic heterocycles. The molecule has 0 aliphatic heterocycles. The first kappa shape index (κ1) is 18.4. The monoisotopic (exact) mass is 362 g/mol. The lowest BCUT2D eigenvalue weighted by molar-refractivity contribution is 0.102. The molecule has 2 aromatic carbocycles. The van der Waals surface area contributed by atoms with Gasteiger partial charge in [-0.25, -0.2) is 9.97 Å². The second-order valence-corrected chi connectivity index (χ2v) is 6.43. The van der Waals surface area contributed by atoms with Gasteiger partial charge in [0.2, 0.25) is 0 Å². The van der Waals surface area contributed by atoms with Crippen LogP contribution in [0.5, 0.6) is 5.75 Å². The van der Waals surface area contributed by atoms with E-state index in [-0.39, 0.29) is 17.7 Å². The van der Waals surface area contributed by atoms with Crippen molar-refractivity contribution in [1.82, 2.24) is 9.97 Å². The summed E-state index contributed by atoms with van der Waals surface area (Å²) < 4.78 is 5.59. The Balaban J connectivity index is 1.61. The molecule has 138 valence electrons. The van der Waals surface area contributed by atoms with Crippen molar-refractivity contribution in [2.24, 2.45) is 0 Å². The van der Waals surface area contributed by atoms with Crippen LogP contribution >= 0.6 is 0 Å². The summed E-state index contributed by atoms with van der Waals surface area (Å²) in [7, 11) is 0. The van der Waals surface area contributed by atoms with E-state index < -0.39 is 0 Å². The van der Waals surface area contributed by atoms with E-state index in [0.29, 0.717) is 11.5 Å². The van der Waals surface area contributed by atoms with Gasteiger partial charge in [0.1, 0.15) is 17.3 Å². The predicted molar refractivity (Wildman–Crippen MR) is 107 cm³/mol. The van der Waals surface area contributed by atoms with Crippen molar-refractivity contribution in [2.75, 3.05) is 10.6 Å². The molecule has 2 N–H and O–H groups in total. The van der Waals surface area contributed by atoms with Gasteiger partial charge >= 0.3 is 0 Å². The molecule has 0 unspecified atom stereocenters. The van der Waals surface area contributed by atoms with E-state index in [2.05, 4.69) is 20.6 Å². The van der Waals surface area contributed by atoms with Crippen LogP contribution in [0.4, 0.5) is 17.2 Å². The van der Waals surface area contributed by atoms with Crippen LogP contribution in [-0.4, -0.2) is 22.0 Å². The maximum Gasteiger partial charge on any atom is 0.275 e. The Labute approximate surface area is 158 Å². The molecule has 0 bridgehead atoms. The largest absolute Gasteiger partial charge is 0.491 e. The van der Waals surface area contributed by atoms with E-state index in [0.717, 1.165) is 17.0 Å². The molecular formula is C21H22N4O2. The van der Waals surface area contributed by atoms with E-state index in [4.69, 9.17) is 4.74 Å². The van der Waals surface area contributed by atoms with Crippen molar-refractivity contribution in [3.63, 3.8) is 0 Å². The molecule has 0 aliphatic rings. The summed E-state index contributed by atoms with van der Waals surface area (Å²) in [5.41, 5.74) is 2.98. The number of nitrogens with zero attached hydrogens (tertiary/aromatic N) is 2. The second-order valence-electron chi connectivity index (χ2n) is 6.43. The number of aromatic nitrogens is 2. The number of ether oxygens (including phenoxy) is 1. The molecule has 1 heterocycles. The number of aryl methyl sites for hydroxylation is 1. The molecule has 0 fully saturated rings. The van der Waals surface area contributed by atoms with Gasteiger partial charge in [-0.3, -0.25) is 4.79 Å². The predicted octanol–water partition coefficient (Wildman–Crippen LogP) is 4.57. The standard InChI is InChI=1S/C21H22N4O2/c1-14(2)27-18-9-7-16(8-10-18)25-21(26)19-12-23-20(13-22-19)24-17-6-4-5-15(3)11-17/h4-14H,1-3H3,(H,23,24)(H,25,26). The second kappa shape index (κ2) is 8.31. The normalized spacial score (nSPS) is 10.5. The lowest BCUT2D eigenvalue weighted by atomic mass is 10.2. The van der Waals surface area contributed by atoms with Gasteiger partial charge < -0.3 is 15.4 Å². The molecule has 1 amide bonds. The van der Waals surface area contributed by atoms with Gasteiger partial charge in [-0.1, -0.05) is 12.1 Å². The van der Waals surface area contributed by atoms with Crippen LogP contribution in [0.2, 0.25) is 0 Å². The number of anilines is 3. The van der Waals surface area contributed by atoms with Crippen molar-refractivity contribution in [3.8, 4) is 5.75 Å². The summed E-state index contributed by atoms with van der Waals surface area (Å²) in [6.07, 6.45) is 3.09. The van der Waals surface area contributed by atoms with Crippen molar-refractivity contribution in [2.45, 2.75) is 26.9 Å². The molecule has 0 saturated heterocycles. The Kier molecular flexibility index (Phi) is 5.66. The highest BCUT2D eigenvalue weighted by Gasteiger charge is 2.09. The summed E-state index contributed by atoms with van der Waals surface area (Å²) in [4.78, 5) is 20.8. The molecule has 6 nitrogen and oxygen atoms in total. The average Bonchev–Trinajstić information content (AvgIpc) is 2.63. The minimum absolute atomic E-state index is 0.104. The minimum Gasteiger partial charge on any atom is -0.491 e. The van der Waals surface area contributed by atoms with Crippen LogP contribution in [0.25, 0.3) is 0 Å². The Morgan fingerprint density at radius 2 is 1.78 bits per heavy atom. The SMILES string of the molecule is Cc1cccc(Nc2cnc(C(=O)Nc3ccc(OC(C)C)cc3)cn2)c1. The fraction of sp³-hybridized carbons (Fsp3) is 0.190. The number of nitrogens with one attached hydrogen (secondary N) is 2. The molecule has 0 atom stereocenters. The summed E-state index contributed by atoms with van der Waals surface area (Å²) in [5.74, 6) is 1.02. The van der Waals surface area contributed by atoms with E-state index in [1.165, 1.54) is 12.4 Å². The van der Waals surface area contributed by atoms with Gasteiger partial charge in [0.15, 0.2) is 0 Å². The van der Waals surface area contributed by atoms with E-state index in [1.807, 2.05) is 57.2 Å². The highest BCUT2D eigenvalue weighted by Crippen LogP contribution is 2.18. The number of amides is 1. The highest BCUT2D eigenvalue weighted by molar-refractivity contribution is 6.02. The Bertz CT molecular complexity index is 906. The maximum absolute atomic E-state index is 12.3. The molecule has 3 rings (SSSR count). The zero-order valence-corrected chi connectivity index (χ0v) is 15.6. The van der Waals surface area contributed by atoms with Crippen LogP contribution in [0.3, 0.4) is 0 Å². The topological polar surface area (TPSA) is 76.1 Å². The van der Waals surface area contributed by atoms with Crippen molar-refractivity contribution < 1.29 is 9.53 Å². The molecule has 3 aromatic rings. The number of carbonyl (C=O) groups excluding carboxylic acids is 1. The summed E-state index contributed by atoms with van der Waals surface area (Å²) in [6.45, 7) is 5.95. The number of rotatable bonds is 6. The molecule has 0 aliphatic carbocycles. The molecular weight excluding hydrogens is 340 g/mol. The van der Waals surface area contributed by atoms with Gasteiger partial charge in [0.05, 0.1) is 18.5 Å². The zero-order chi connectivity index (χ0) is 19.2. The summed E-state index contributed by atoms with van der Waals surface area (Å²) >= 11 is 0. The van der Waals surface area contributed by atoms with Gasteiger partial charge in [-0.05, 0) is 62.7 Å². The van der Waals surface area contributed by atoms with Gasteiger partial charge in [0, 0.05) is 11.4 Å². The van der Waals surface area contributed by atoms with E-state index in [9.17, 15) is 4.79 Å². The van der Waals surface area contributed by atoms with Crippen molar-refractivity contribution in [1.29, 1.82) is 0 Å². The first-order valence-corrected chi connectivity index (χ1v) is 8.73. The quantitative estimate of drug-likeness (QED) is 0.672. The summed E-state index contributed by atoms with van der Waals surface area (Å²) in [5, 5.41) is 5.96. The number of carbonyl (C=O) groups is 1. The van der Waals surface area contributed by atoms with Gasteiger partial charge in [-0.15, -0.1) is 0 Å². The third-order valence-electron chi connectivity index (χ3n) is 3.66. The molecule has 0 spiro atoms. The first-order chi connectivity index (χ1) is 13.0. The van der Waals surface area contributed by atoms with E-state index in [1.54, 1.807) is 12.1 Å². The van der Waals surface area contributed by atoms with Crippen LogP contribution in [0, 0.1) is 6.92 Å². The van der Waals surface area contributed by atoms with Gasteiger partial charge in [0.25, 0.3) is 5.91 Å². The number of hydrogen-bond donors (Lipinski definition) is 2. The smallest absolute Gasteiger partial charge is 0.275 e. The Morgan fingerprint density at radius 1 is 1.00 bits per heavy atom. The fourth-order valence-electron chi connectivity index (χ4n) is 2.46. The minimum atomic E-state index is -0.317. The third-order valence-corrected chi connectivity index (χ3v) is 3.66. The zero-order valence-electron chi connectivity index (χ0n) is 15.6. The number of hydrogen-bond acceptors (Lipinski definition) is 5. The lowest BCUT2D eigenvalue weighted by Crippen LogP contribution is -2.14. The van der Waals surface area contributed by atoms with Crippen molar-refractivity contribution in [3.05, 3.63) is 72.2 Å². The Morgan fingerprint density at radius 3 is 2.41 bits per heavy atom. The van der Waals surface area contributed by atoms with E-state index >= 15 is 0 Å². The molecule has 6 heteroatoms. The highest BCUT2D eigenvalue weighted by atomic mass is 16.5. The van der Waals surface area contributed by atoms with Crippen LogP contribution < -0.4 is 15.4 Å². The maximum atomic E-state index is 12.3. The molecule has 0 saturated carbocycles. The van der Waals surface area contributed by atoms with Crippen LogP contribution in [0.15, 0.2) is 60.9 Å². The summed E-state index contributed by atoms with van der Waals surface area (Å²) in [6, 6.07) is 15.1. The number of benzene rings is 2. The van der Waals surface area contributed by atoms with Gasteiger partial charge in [-0.2, -0.15) is 0 Å². The third kappa shape index (κ3) is 5.28. The molecule has 27 heavy (non-hydrogen) atoms. The van der Waals surface area contributed by atoms with Crippen LogP contribution in [-0.2, 0) is 0 Å². The fourth-order valence-corrected chi connectivity index (χ4v) is 2.46. The lowest BCUT2D eigenvalue weighted by Gasteiger charge is -2.10. The van der Waals surface area contributed by atoms with Crippen molar-refractivity contribution >= 4 is 23.1 Å². The average molecular weight is 362 g/mol. The molecule has 0 radical (unpaired) electrons. The first-order valence-electron chi connectivity index (χ1n) is 8.73.